The van der Waals surface area contributed by atoms with Crippen molar-refractivity contribution in [3.63, 3.8) is 0 Å². The van der Waals surface area contributed by atoms with Crippen molar-refractivity contribution < 1.29 is 0 Å². The van der Waals surface area contributed by atoms with Crippen molar-refractivity contribution in [2.45, 2.75) is 39.2 Å². The molecule has 0 heterocycles. The maximum atomic E-state index is 6.25. The molecule has 1 aromatic carbocycles. The Morgan fingerprint density at radius 1 is 1.29 bits per heavy atom. The van der Waals surface area contributed by atoms with E-state index in [1.54, 1.807) is 0 Å². The van der Waals surface area contributed by atoms with Crippen LogP contribution in [0.2, 0.25) is 0 Å². The molecule has 1 nitrogen and oxygen atoms in total. The van der Waals surface area contributed by atoms with Crippen molar-refractivity contribution in [2.75, 3.05) is 0 Å². The number of benzene rings is 1. The lowest BCUT2D eigenvalue weighted by atomic mass is 9.76. The van der Waals surface area contributed by atoms with Gasteiger partial charge in [0.1, 0.15) is 0 Å². The van der Waals surface area contributed by atoms with Gasteiger partial charge in [0.05, 0.1) is 0 Å². The van der Waals surface area contributed by atoms with Gasteiger partial charge in [-0.05, 0) is 43.7 Å². The van der Waals surface area contributed by atoms with Gasteiger partial charge in [-0.25, -0.2) is 0 Å². The predicted molar refractivity (Wildman–Crippen MR) is 60.2 cm³/mol. The first kappa shape index (κ1) is 9.72. The second kappa shape index (κ2) is 3.74. The van der Waals surface area contributed by atoms with Gasteiger partial charge in [0.2, 0.25) is 0 Å². The molecule has 0 aliphatic heterocycles. The first-order chi connectivity index (χ1) is 6.68. The van der Waals surface area contributed by atoms with Crippen LogP contribution >= 0.6 is 0 Å². The minimum Gasteiger partial charge on any atom is -0.324 e. The van der Waals surface area contributed by atoms with Crippen LogP contribution in [-0.2, 0) is 0 Å². The number of rotatable bonds is 2. The van der Waals surface area contributed by atoms with Crippen LogP contribution in [0.4, 0.5) is 0 Å². The molecule has 0 amide bonds. The fourth-order valence-electron chi connectivity index (χ4n) is 2.25. The number of nitrogens with two attached hydrogens (primary N) is 1. The van der Waals surface area contributed by atoms with Gasteiger partial charge in [0.15, 0.2) is 0 Å². The van der Waals surface area contributed by atoms with Crippen LogP contribution in [0.5, 0.6) is 0 Å². The second-order valence-corrected chi connectivity index (χ2v) is 4.58. The van der Waals surface area contributed by atoms with Gasteiger partial charge in [-0.3, -0.25) is 0 Å². The molecule has 0 saturated heterocycles. The molecule has 0 bridgehead atoms. The van der Waals surface area contributed by atoms with Crippen molar-refractivity contribution >= 4 is 0 Å². The van der Waals surface area contributed by atoms with E-state index in [4.69, 9.17) is 5.73 Å². The molecule has 1 atom stereocenters. The van der Waals surface area contributed by atoms with Gasteiger partial charge in [-0.2, -0.15) is 0 Å². The highest BCUT2D eigenvalue weighted by atomic mass is 14.7. The molecular weight excluding hydrogens is 170 g/mol. The van der Waals surface area contributed by atoms with Crippen molar-refractivity contribution in [3.05, 3.63) is 34.9 Å². The molecule has 1 aromatic rings. The minimum absolute atomic E-state index is 0.268. The maximum absolute atomic E-state index is 6.25. The molecule has 0 radical (unpaired) electrons. The highest BCUT2D eigenvalue weighted by Crippen LogP contribution is 2.37. The van der Waals surface area contributed by atoms with Crippen molar-refractivity contribution in [1.29, 1.82) is 0 Å². The molecule has 2 rings (SSSR count). The largest absolute Gasteiger partial charge is 0.324 e. The highest BCUT2D eigenvalue weighted by Gasteiger charge is 2.26. The fraction of sp³-hybridized carbons (Fsp3) is 0.538. The molecule has 1 unspecified atom stereocenters. The summed E-state index contributed by atoms with van der Waals surface area (Å²) in [5, 5.41) is 0. The summed E-state index contributed by atoms with van der Waals surface area (Å²) < 4.78 is 0. The summed E-state index contributed by atoms with van der Waals surface area (Å²) in [5.41, 5.74) is 10.3. The Hall–Kier alpha value is -0.820. The van der Waals surface area contributed by atoms with Gasteiger partial charge in [-0.15, -0.1) is 0 Å². The van der Waals surface area contributed by atoms with E-state index in [0.717, 1.165) is 5.92 Å². The first-order valence-electron chi connectivity index (χ1n) is 5.51. The Morgan fingerprint density at radius 3 is 2.50 bits per heavy atom. The maximum Gasteiger partial charge on any atom is 0.0326 e. The Bertz CT molecular complexity index is 326. The zero-order valence-electron chi connectivity index (χ0n) is 9.09. The van der Waals surface area contributed by atoms with E-state index in [2.05, 4.69) is 32.0 Å². The average Bonchev–Trinajstić information content (AvgIpc) is 2.00. The van der Waals surface area contributed by atoms with Crippen LogP contribution in [0.15, 0.2) is 18.2 Å². The molecule has 76 valence electrons. The van der Waals surface area contributed by atoms with E-state index in [1.165, 1.54) is 36.0 Å². The molecular formula is C13H19N. The summed E-state index contributed by atoms with van der Waals surface area (Å²) in [5.74, 6) is 0.733. The lowest BCUT2D eigenvalue weighted by molar-refractivity contribution is 0.264. The van der Waals surface area contributed by atoms with Crippen molar-refractivity contribution in [1.82, 2.24) is 0 Å². The first-order valence-corrected chi connectivity index (χ1v) is 5.51. The van der Waals surface area contributed by atoms with Crippen molar-refractivity contribution in [3.8, 4) is 0 Å². The molecule has 14 heavy (non-hydrogen) atoms. The minimum atomic E-state index is 0.268. The van der Waals surface area contributed by atoms with Gasteiger partial charge < -0.3 is 5.73 Å². The van der Waals surface area contributed by atoms with Gasteiger partial charge in [0.25, 0.3) is 0 Å². The molecule has 1 aliphatic carbocycles. The Morgan fingerprint density at radius 2 is 2.00 bits per heavy atom. The van der Waals surface area contributed by atoms with Crippen LogP contribution in [0.1, 0.15) is 42.0 Å². The SMILES string of the molecule is Cc1ccc(C(N)C2CCC2)c(C)c1. The Kier molecular flexibility index (Phi) is 2.60. The average molecular weight is 189 g/mol. The van der Waals surface area contributed by atoms with E-state index in [0.29, 0.717) is 0 Å². The normalized spacial score (nSPS) is 19.1. The van der Waals surface area contributed by atoms with Crippen LogP contribution in [0.3, 0.4) is 0 Å². The molecule has 1 saturated carbocycles. The van der Waals surface area contributed by atoms with Crippen LogP contribution in [-0.4, -0.2) is 0 Å². The van der Waals surface area contributed by atoms with E-state index in [-0.39, 0.29) is 6.04 Å². The summed E-state index contributed by atoms with van der Waals surface area (Å²) >= 11 is 0. The topological polar surface area (TPSA) is 26.0 Å². The summed E-state index contributed by atoms with van der Waals surface area (Å²) in [6.07, 6.45) is 3.99. The lowest BCUT2D eigenvalue weighted by Crippen LogP contribution is -2.27. The van der Waals surface area contributed by atoms with Gasteiger partial charge in [-0.1, -0.05) is 30.2 Å². The number of aryl methyl sites for hydroxylation is 2. The van der Waals surface area contributed by atoms with E-state index in [9.17, 15) is 0 Å². The van der Waals surface area contributed by atoms with E-state index >= 15 is 0 Å². The monoisotopic (exact) mass is 189 g/mol. The third-order valence-electron chi connectivity index (χ3n) is 3.44. The third-order valence-corrected chi connectivity index (χ3v) is 3.44. The second-order valence-electron chi connectivity index (χ2n) is 4.58. The number of hydrogen-bond acceptors (Lipinski definition) is 1. The fourth-order valence-corrected chi connectivity index (χ4v) is 2.25. The van der Waals surface area contributed by atoms with Crippen LogP contribution in [0, 0.1) is 19.8 Å². The van der Waals surface area contributed by atoms with Crippen LogP contribution < -0.4 is 5.73 Å². The van der Waals surface area contributed by atoms with Gasteiger partial charge >= 0.3 is 0 Å². The molecule has 2 N–H and O–H groups in total. The summed E-state index contributed by atoms with van der Waals surface area (Å²) in [6.45, 7) is 4.30. The predicted octanol–water partition coefficient (Wildman–Crippen LogP) is 3.10. The van der Waals surface area contributed by atoms with Gasteiger partial charge in [0, 0.05) is 6.04 Å². The Labute approximate surface area is 86.3 Å². The third kappa shape index (κ3) is 1.69. The van der Waals surface area contributed by atoms with Crippen LogP contribution in [0.25, 0.3) is 0 Å². The van der Waals surface area contributed by atoms with E-state index in [1.807, 2.05) is 0 Å². The zero-order chi connectivity index (χ0) is 10.1. The van der Waals surface area contributed by atoms with E-state index < -0.39 is 0 Å². The summed E-state index contributed by atoms with van der Waals surface area (Å²) in [7, 11) is 0. The molecule has 1 heteroatoms. The Balaban J connectivity index is 2.22. The lowest BCUT2D eigenvalue weighted by Gasteiger charge is -2.32. The quantitative estimate of drug-likeness (QED) is 0.760. The summed E-state index contributed by atoms with van der Waals surface area (Å²) in [6, 6.07) is 6.87. The zero-order valence-corrected chi connectivity index (χ0v) is 9.09. The molecule has 1 fully saturated rings. The highest BCUT2D eigenvalue weighted by molar-refractivity contribution is 5.33. The molecule has 0 aromatic heterocycles. The van der Waals surface area contributed by atoms with Crippen molar-refractivity contribution in [2.24, 2.45) is 11.7 Å². The standard InChI is InChI=1S/C13H19N/c1-9-6-7-12(10(2)8-9)13(14)11-4-3-5-11/h6-8,11,13H,3-5,14H2,1-2H3. The summed E-state index contributed by atoms with van der Waals surface area (Å²) in [4.78, 5) is 0. The molecule has 0 spiro atoms. The smallest absolute Gasteiger partial charge is 0.0326 e. The molecule has 1 aliphatic rings. The number of hydrogen-bond donors (Lipinski definition) is 1.